The smallest absolute Gasteiger partial charge is 0.317 e. The number of halogens is 3. The Morgan fingerprint density at radius 2 is 2.00 bits per heavy atom. The standard InChI is InChI=1S/C8H13F3N4/c1-6-13-14-7(15(6)2)5-12-4-3-8(9,10)11/h12H,3-5H2,1-2H3. The Bertz CT molecular complexity index is 318. The van der Waals surface area contributed by atoms with Crippen molar-refractivity contribution in [2.45, 2.75) is 26.1 Å². The van der Waals surface area contributed by atoms with Crippen LogP contribution in [0.3, 0.4) is 0 Å². The number of nitrogens with one attached hydrogen (secondary N) is 1. The van der Waals surface area contributed by atoms with E-state index in [1.165, 1.54) is 0 Å². The van der Waals surface area contributed by atoms with Crippen LogP contribution in [0.4, 0.5) is 13.2 Å². The van der Waals surface area contributed by atoms with E-state index in [1.807, 2.05) is 0 Å². The lowest BCUT2D eigenvalue weighted by Crippen LogP contribution is -2.22. The molecule has 0 fully saturated rings. The molecular formula is C8H13F3N4. The average molecular weight is 222 g/mol. The van der Waals surface area contributed by atoms with Gasteiger partial charge in [-0.3, -0.25) is 0 Å². The van der Waals surface area contributed by atoms with E-state index in [9.17, 15) is 13.2 Å². The van der Waals surface area contributed by atoms with Gasteiger partial charge in [-0.1, -0.05) is 0 Å². The summed E-state index contributed by atoms with van der Waals surface area (Å²) in [4.78, 5) is 0. The molecule has 15 heavy (non-hydrogen) atoms. The van der Waals surface area contributed by atoms with Crippen molar-refractivity contribution < 1.29 is 13.2 Å². The van der Waals surface area contributed by atoms with Crippen molar-refractivity contribution in [3.05, 3.63) is 11.6 Å². The Labute approximate surface area is 85.5 Å². The summed E-state index contributed by atoms with van der Waals surface area (Å²) in [7, 11) is 1.77. The van der Waals surface area contributed by atoms with Crippen molar-refractivity contribution in [2.75, 3.05) is 6.54 Å². The first-order valence-corrected chi connectivity index (χ1v) is 4.52. The lowest BCUT2D eigenvalue weighted by molar-refractivity contribution is -0.133. The molecule has 0 amide bonds. The first-order chi connectivity index (χ1) is 6.90. The van der Waals surface area contributed by atoms with Gasteiger partial charge in [0.2, 0.25) is 0 Å². The predicted molar refractivity (Wildman–Crippen MR) is 48.1 cm³/mol. The lowest BCUT2D eigenvalue weighted by atomic mass is 10.4. The highest BCUT2D eigenvalue weighted by atomic mass is 19.4. The van der Waals surface area contributed by atoms with Gasteiger partial charge in [0, 0.05) is 13.6 Å². The zero-order valence-electron chi connectivity index (χ0n) is 8.60. The number of aryl methyl sites for hydroxylation is 1. The van der Waals surface area contributed by atoms with Crippen LogP contribution in [0.1, 0.15) is 18.1 Å². The fourth-order valence-electron chi connectivity index (χ4n) is 1.04. The Kier molecular flexibility index (Phi) is 3.67. The number of rotatable bonds is 4. The molecule has 1 rings (SSSR count). The second-order valence-electron chi connectivity index (χ2n) is 3.26. The molecule has 0 radical (unpaired) electrons. The zero-order valence-corrected chi connectivity index (χ0v) is 8.60. The van der Waals surface area contributed by atoms with E-state index in [4.69, 9.17) is 0 Å². The quantitative estimate of drug-likeness (QED) is 0.777. The fourth-order valence-corrected chi connectivity index (χ4v) is 1.04. The third kappa shape index (κ3) is 3.86. The Balaban J connectivity index is 2.30. The molecule has 0 aliphatic carbocycles. The van der Waals surface area contributed by atoms with Gasteiger partial charge in [-0.25, -0.2) is 0 Å². The number of alkyl halides is 3. The van der Waals surface area contributed by atoms with E-state index in [0.717, 1.165) is 5.82 Å². The molecule has 0 aliphatic rings. The Hall–Kier alpha value is -1.11. The van der Waals surface area contributed by atoms with Gasteiger partial charge < -0.3 is 9.88 Å². The molecule has 1 aromatic heterocycles. The topological polar surface area (TPSA) is 42.7 Å². The molecule has 0 bridgehead atoms. The Morgan fingerprint density at radius 1 is 1.33 bits per heavy atom. The van der Waals surface area contributed by atoms with Crippen molar-refractivity contribution in [1.82, 2.24) is 20.1 Å². The molecule has 4 nitrogen and oxygen atoms in total. The summed E-state index contributed by atoms with van der Waals surface area (Å²) >= 11 is 0. The van der Waals surface area contributed by atoms with Crippen LogP contribution in [0.5, 0.6) is 0 Å². The van der Waals surface area contributed by atoms with Gasteiger partial charge in [-0.2, -0.15) is 13.2 Å². The van der Waals surface area contributed by atoms with E-state index < -0.39 is 12.6 Å². The number of hydrogen-bond donors (Lipinski definition) is 1. The van der Waals surface area contributed by atoms with Crippen LogP contribution < -0.4 is 5.32 Å². The number of nitrogens with zero attached hydrogens (tertiary/aromatic N) is 3. The zero-order chi connectivity index (χ0) is 11.5. The molecule has 1 heterocycles. The minimum atomic E-state index is -4.11. The average Bonchev–Trinajstić information content (AvgIpc) is 2.42. The molecule has 0 saturated carbocycles. The van der Waals surface area contributed by atoms with Crippen molar-refractivity contribution in [3.8, 4) is 0 Å². The van der Waals surface area contributed by atoms with Gasteiger partial charge in [0.1, 0.15) is 11.6 Å². The largest absolute Gasteiger partial charge is 0.390 e. The van der Waals surface area contributed by atoms with Crippen LogP contribution in [0.25, 0.3) is 0 Å². The number of hydrogen-bond acceptors (Lipinski definition) is 3. The summed E-state index contributed by atoms with van der Waals surface area (Å²) in [6.45, 7) is 1.98. The highest BCUT2D eigenvalue weighted by Crippen LogP contribution is 2.18. The van der Waals surface area contributed by atoms with Gasteiger partial charge in [0.15, 0.2) is 0 Å². The van der Waals surface area contributed by atoms with E-state index in [-0.39, 0.29) is 6.54 Å². The SMILES string of the molecule is Cc1nnc(CNCCC(F)(F)F)n1C. The summed E-state index contributed by atoms with van der Waals surface area (Å²) in [5, 5.41) is 10.3. The van der Waals surface area contributed by atoms with Crippen molar-refractivity contribution in [3.63, 3.8) is 0 Å². The van der Waals surface area contributed by atoms with Crippen molar-refractivity contribution >= 4 is 0 Å². The van der Waals surface area contributed by atoms with Gasteiger partial charge in [0.05, 0.1) is 13.0 Å². The summed E-state index contributed by atoms with van der Waals surface area (Å²) in [5.41, 5.74) is 0. The van der Waals surface area contributed by atoms with E-state index >= 15 is 0 Å². The van der Waals surface area contributed by atoms with Gasteiger partial charge in [-0.15, -0.1) is 10.2 Å². The van der Waals surface area contributed by atoms with E-state index in [0.29, 0.717) is 12.4 Å². The number of aromatic nitrogens is 3. The predicted octanol–water partition coefficient (Wildman–Crippen LogP) is 1.17. The lowest BCUT2D eigenvalue weighted by Gasteiger charge is -2.07. The molecule has 86 valence electrons. The Morgan fingerprint density at radius 3 is 2.47 bits per heavy atom. The summed E-state index contributed by atoms with van der Waals surface area (Å²) in [6.07, 6.45) is -4.94. The molecule has 0 aromatic carbocycles. The van der Waals surface area contributed by atoms with Gasteiger partial charge >= 0.3 is 6.18 Å². The van der Waals surface area contributed by atoms with Gasteiger partial charge in [-0.05, 0) is 6.92 Å². The van der Waals surface area contributed by atoms with Crippen molar-refractivity contribution in [1.29, 1.82) is 0 Å². The molecule has 1 N–H and O–H groups in total. The van der Waals surface area contributed by atoms with Crippen LogP contribution in [0.15, 0.2) is 0 Å². The first-order valence-electron chi connectivity index (χ1n) is 4.52. The normalized spacial score (nSPS) is 12.1. The minimum Gasteiger partial charge on any atom is -0.317 e. The molecule has 7 heteroatoms. The highest BCUT2D eigenvalue weighted by Gasteiger charge is 2.25. The van der Waals surface area contributed by atoms with Gasteiger partial charge in [0.25, 0.3) is 0 Å². The highest BCUT2D eigenvalue weighted by molar-refractivity contribution is 4.91. The summed E-state index contributed by atoms with van der Waals surface area (Å²) in [6, 6.07) is 0. The van der Waals surface area contributed by atoms with Crippen LogP contribution >= 0.6 is 0 Å². The molecule has 0 aliphatic heterocycles. The molecule has 0 atom stereocenters. The summed E-state index contributed by atoms with van der Waals surface area (Å²) in [5.74, 6) is 1.37. The third-order valence-corrected chi connectivity index (χ3v) is 2.05. The maximum Gasteiger partial charge on any atom is 0.390 e. The third-order valence-electron chi connectivity index (χ3n) is 2.05. The van der Waals surface area contributed by atoms with E-state index in [1.54, 1.807) is 18.5 Å². The first kappa shape index (κ1) is 12.0. The molecular weight excluding hydrogens is 209 g/mol. The van der Waals surface area contributed by atoms with Crippen LogP contribution in [-0.4, -0.2) is 27.5 Å². The van der Waals surface area contributed by atoms with Crippen LogP contribution in [0, 0.1) is 6.92 Å². The maximum absolute atomic E-state index is 11.8. The molecule has 1 aromatic rings. The van der Waals surface area contributed by atoms with Crippen LogP contribution in [-0.2, 0) is 13.6 Å². The second-order valence-corrected chi connectivity index (χ2v) is 3.26. The van der Waals surface area contributed by atoms with Crippen LogP contribution in [0.2, 0.25) is 0 Å². The fraction of sp³-hybridized carbons (Fsp3) is 0.750. The maximum atomic E-state index is 11.8. The molecule has 0 spiro atoms. The second kappa shape index (κ2) is 4.61. The summed E-state index contributed by atoms with van der Waals surface area (Å²) < 4.78 is 37.1. The molecule has 0 unspecified atom stereocenters. The monoisotopic (exact) mass is 222 g/mol. The minimum absolute atomic E-state index is 0.102. The van der Waals surface area contributed by atoms with Crippen molar-refractivity contribution in [2.24, 2.45) is 7.05 Å². The van der Waals surface area contributed by atoms with E-state index in [2.05, 4.69) is 15.5 Å². The molecule has 0 saturated heterocycles.